The van der Waals surface area contributed by atoms with E-state index >= 15 is 0 Å². The second kappa shape index (κ2) is 4.07. The van der Waals surface area contributed by atoms with E-state index in [0.29, 0.717) is 0 Å². The molecule has 4 nitrogen and oxygen atoms in total. The molecule has 0 aliphatic heterocycles. The van der Waals surface area contributed by atoms with Crippen molar-refractivity contribution in [3.63, 3.8) is 0 Å². The fourth-order valence-corrected chi connectivity index (χ4v) is 1.72. The molecule has 0 aliphatic rings. The molecule has 5 heteroatoms. The fourth-order valence-electron chi connectivity index (χ4n) is 0.573. The van der Waals surface area contributed by atoms with Gasteiger partial charge in [-0.1, -0.05) is 20.8 Å². The summed E-state index contributed by atoms with van der Waals surface area (Å²) in [5.41, 5.74) is -0.136. The maximum atomic E-state index is 11.2. The van der Waals surface area contributed by atoms with Crippen LogP contribution < -0.4 is 4.72 Å². The van der Waals surface area contributed by atoms with Crippen LogP contribution in [0, 0.1) is 16.7 Å². The Bertz CT molecular complexity index is 295. The monoisotopic (exact) mass is 204 g/mol. The van der Waals surface area contributed by atoms with E-state index in [1.165, 1.54) is 0 Å². The van der Waals surface area contributed by atoms with Crippen molar-refractivity contribution in [2.75, 3.05) is 5.75 Å². The normalized spacial score (nSPS) is 15.0. The van der Waals surface area contributed by atoms with E-state index in [-0.39, 0.29) is 11.5 Å². The SMILES string of the molecule is CC(NS(=O)(=O)CC#N)C(C)(C)C. The Morgan fingerprint density at radius 2 is 1.92 bits per heavy atom. The van der Waals surface area contributed by atoms with Crippen LogP contribution in [0.5, 0.6) is 0 Å². The van der Waals surface area contributed by atoms with Crippen molar-refractivity contribution in [3.05, 3.63) is 0 Å². The number of nitriles is 1. The highest BCUT2D eigenvalue weighted by atomic mass is 32.2. The molecular formula is C8H16N2O2S. The van der Waals surface area contributed by atoms with Gasteiger partial charge in [-0.2, -0.15) is 5.26 Å². The van der Waals surface area contributed by atoms with E-state index in [0.717, 1.165) is 0 Å². The highest BCUT2D eigenvalue weighted by Crippen LogP contribution is 2.18. The Hall–Kier alpha value is -0.600. The van der Waals surface area contributed by atoms with Gasteiger partial charge in [0, 0.05) is 6.04 Å². The molecule has 1 N–H and O–H groups in total. The second-order valence-corrected chi connectivity index (χ2v) is 5.88. The first kappa shape index (κ1) is 12.4. The van der Waals surface area contributed by atoms with E-state index in [4.69, 9.17) is 5.26 Å². The lowest BCUT2D eigenvalue weighted by Crippen LogP contribution is -2.42. The van der Waals surface area contributed by atoms with Gasteiger partial charge in [-0.25, -0.2) is 13.1 Å². The third-order valence-electron chi connectivity index (χ3n) is 1.91. The van der Waals surface area contributed by atoms with E-state index in [1.807, 2.05) is 20.8 Å². The fraction of sp³-hybridized carbons (Fsp3) is 0.875. The molecule has 0 aromatic carbocycles. The topological polar surface area (TPSA) is 70.0 Å². The summed E-state index contributed by atoms with van der Waals surface area (Å²) in [4.78, 5) is 0. The third-order valence-corrected chi connectivity index (χ3v) is 3.13. The van der Waals surface area contributed by atoms with Crippen LogP contribution in [0.1, 0.15) is 27.7 Å². The van der Waals surface area contributed by atoms with Gasteiger partial charge in [0.2, 0.25) is 10.0 Å². The maximum absolute atomic E-state index is 11.2. The van der Waals surface area contributed by atoms with Crippen molar-refractivity contribution < 1.29 is 8.42 Å². The minimum atomic E-state index is -3.43. The van der Waals surface area contributed by atoms with E-state index in [9.17, 15) is 8.42 Å². The van der Waals surface area contributed by atoms with Gasteiger partial charge in [0.1, 0.15) is 0 Å². The van der Waals surface area contributed by atoms with Crippen LogP contribution in [0.4, 0.5) is 0 Å². The van der Waals surface area contributed by atoms with Crippen LogP contribution in [0.2, 0.25) is 0 Å². The molecule has 0 amide bonds. The van der Waals surface area contributed by atoms with Gasteiger partial charge >= 0.3 is 0 Å². The lowest BCUT2D eigenvalue weighted by molar-refractivity contribution is 0.318. The van der Waals surface area contributed by atoms with Crippen LogP contribution in [-0.4, -0.2) is 20.2 Å². The molecular weight excluding hydrogens is 188 g/mol. The summed E-state index contributed by atoms with van der Waals surface area (Å²) in [5, 5.41) is 8.25. The van der Waals surface area contributed by atoms with Crippen molar-refractivity contribution >= 4 is 10.0 Å². The molecule has 13 heavy (non-hydrogen) atoms. The number of hydrogen-bond donors (Lipinski definition) is 1. The standard InChI is InChI=1S/C8H16N2O2S/c1-7(8(2,3)4)10-13(11,12)6-5-9/h7,10H,6H2,1-4H3. The molecule has 1 unspecified atom stereocenters. The van der Waals surface area contributed by atoms with Crippen LogP contribution >= 0.6 is 0 Å². The summed E-state index contributed by atoms with van der Waals surface area (Å²) < 4.78 is 24.8. The van der Waals surface area contributed by atoms with Gasteiger partial charge < -0.3 is 0 Å². The zero-order valence-electron chi connectivity index (χ0n) is 8.46. The quantitative estimate of drug-likeness (QED) is 0.741. The maximum Gasteiger partial charge on any atom is 0.225 e. The minimum absolute atomic E-state index is 0.136. The van der Waals surface area contributed by atoms with E-state index in [1.54, 1.807) is 13.0 Å². The first-order chi connectivity index (χ1) is 5.69. The molecule has 0 radical (unpaired) electrons. The molecule has 0 fully saturated rings. The lowest BCUT2D eigenvalue weighted by Gasteiger charge is -2.27. The predicted molar refractivity (Wildman–Crippen MR) is 51.5 cm³/mol. The first-order valence-electron chi connectivity index (χ1n) is 4.06. The van der Waals surface area contributed by atoms with Gasteiger partial charge in [-0.15, -0.1) is 0 Å². The summed E-state index contributed by atoms with van der Waals surface area (Å²) in [6, 6.07) is 1.44. The highest BCUT2D eigenvalue weighted by Gasteiger charge is 2.24. The summed E-state index contributed by atoms with van der Waals surface area (Å²) in [5.74, 6) is -0.479. The molecule has 1 atom stereocenters. The van der Waals surface area contributed by atoms with Crippen LogP contribution in [-0.2, 0) is 10.0 Å². The van der Waals surface area contributed by atoms with Crippen molar-refractivity contribution in [2.45, 2.75) is 33.7 Å². The van der Waals surface area contributed by atoms with E-state index in [2.05, 4.69) is 4.72 Å². The van der Waals surface area contributed by atoms with Crippen LogP contribution in [0.15, 0.2) is 0 Å². The molecule has 0 spiro atoms. The first-order valence-corrected chi connectivity index (χ1v) is 5.71. The van der Waals surface area contributed by atoms with Gasteiger partial charge in [0.05, 0.1) is 6.07 Å². The molecule has 0 saturated heterocycles. The summed E-state index contributed by atoms with van der Waals surface area (Å²) in [6.45, 7) is 7.60. The Balaban J connectivity index is 4.40. The Morgan fingerprint density at radius 1 is 1.46 bits per heavy atom. The zero-order chi connectivity index (χ0) is 10.7. The predicted octanol–water partition coefficient (Wildman–Crippen LogP) is 0.864. The van der Waals surface area contributed by atoms with Crippen molar-refractivity contribution in [1.82, 2.24) is 4.72 Å². The number of nitrogens with one attached hydrogen (secondary N) is 1. The number of hydrogen-bond acceptors (Lipinski definition) is 3. The van der Waals surface area contributed by atoms with Gasteiger partial charge in [-0.3, -0.25) is 0 Å². The summed E-state index contributed by atoms with van der Waals surface area (Å²) >= 11 is 0. The molecule has 0 aromatic heterocycles. The molecule has 0 saturated carbocycles. The molecule has 76 valence electrons. The van der Waals surface area contributed by atoms with Gasteiger partial charge in [0.25, 0.3) is 0 Å². The van der Waals surface area contributed by atoms with Crippen molar-refractivity contribution in [2.24, 2.45) is 5.41 Å². The Labute approximate surface area is 80.0 Å². The van der Waals surface area contributed by atoms with Crippen LogP contribution in [0.25, 0.3) is 0 Å². The highest BCUT2D eigenvalue weighted by molar-refractivity contribution is 7.89. The largest absolute Gasteiger partial charge is 0.225 e. The van der Waals surface area contributed by atoms with Crippen LogP contribution in [0.3, 0.4) is 0 Å². The molecule has 0 bridgehead atoms. The average Bonchev–Trinajstić information content (AvgIpc) is 1.83. The smallest absolute Gasteiger partial charge is 0.211 e. The number of rotatable bonds is 3. The van der Waals surface area contributed by atoms with Gasteiger partial charge in [-0.05, 0) is 12.3 Å². The second-order valence-electron chi connectivity index (χ2n) is 4.12. The van der Waals surface area contributed by atoms with Crippen molar-refractivity contribution in [3.8, 4) is 6.07 Å². The Morgan fingerprint density at radius 3 is 2.23 bits per heavy atom. The zero-order valence-corrected chi connectivity index (χ0v) is 9.27. The Kier molecular flexibility index (Phi) is 3.88. The number of nitrogens with zero attached hydrogens (tertiary/aromatic N) is 1. The molecule has 0 aromatic rings. The molecule has 0 heterocycles. The summed E-state index contributed by atoms with van der Waals surface area (Å²) in [7, 11) is -3.43. The lowest BCUT2D eigenvalue weighted by atomic mass is 9.89. The molecule has 0 rings (SSSR count). The number of sulfonamides is 1. The summed E-state index contributed by atoms with van der Waals surface area (Å²) in [6.07, 6.45) is 0. The van der Waals surface area contributed by atoms with Gasteiger partial charge in [0.15, 0.2) is 5.75 Å². The van der Waals surface area contributed by atoms with Crippen molar-refractivity contribution in [1.29, 1.82) is 5.26 Å². The third kappa shape index (κ3) is 4.86. The molecule has 0 aliphatic carbocycles. The van der Waals surface area contributed by atoms with E-state index < -0.39 is 15.8 Å². The average molecular weight is 204 g/mol. The minimum Gasteiger partial charge on any atom is -0.211 e.